The van der Waals surface area contributed by atoms with Gasteiger partial charge in [0.1, 0.15) is 0 Å². The van der Waals surface area contributed by atoms with Gasteiger partial charge in [-0.1, -0.05) is 13.0 Å². The second-order valence-electron chi connectivity index (χ2n) is 5.24. The number of furan rings is 1. The van der Waals surface area contributed by atoms with Crippen LogP contribution in [0.5, 0.6) is 0 Å². The predicted octanol–water partition coefficient (Wildman–Crippen LogP) is 2.86. The van der Waals surface area contributed by atoms with Crippen molar-refractivity contribution in [2.45, 2.75) is 26.3 Å². The van der Waals surface area contributed by atoms with Crippen molar-refractivity contribution in [2.75, 3.05) is 17.2 Å². The molecule has 2 amide bonds. The van der Waals surface area contributed by atoms with Crippen molar-refractivity contribution in [3.8, 4) is 0 Å². The topological polar surface area (TPSA) is 83.4 Å². The summed E-state index contributed by atoms with van der Waals surface area (Å²) in [6.45, 7) is 4.16. The van der Waals surface area contributed by atoms with E-state index in [9.17, 15) is 9.59 Å². The zero-order valence-electron chi connectivity index (χ0n) is 13.3. The van der Waals surface area contributed by atoms with Crippen molar-refractivity contribution in [1.29, 1.82) is 0 Å². The fourth-order valence-corrected chi connectivity index (χ4v) is 1.92. The molecule has 0 saturated carbocycles. The summed E-state index contributed by atoms with van der Waals surface area (Å²) in [7, 11) is 0. The smallest absolute Gasteiger partial charge is 0.291 e. The van der Waals surface area contributed by atoms with Crippen LogP contribution < -0.4 is 16.0 Å². The number of carbonyl (C=O) groups is 2. The Morgan fingerprint density at radius 1 is 1.17 bits per heavy atom. The molecule has 0 spiro atoms. The van der Waals surface area contributed by atoms with Gasteiger partial charge in [0.05, 0.1) is 12.8 Å². The van der Waals surface area contributed by atoms with Crippen LogP contribution in [-0.4, -0.2) is 24.4 Å². The number of carbonyl (C=O) groups excluding carboxylic acids is 2. The highest BCUT2D eigenvalue weighted by Gasteiger charge is 2.09. The van der Waals surface area contributed by atoms with Crippen LogP contribution in [0.15, 0.2) is 47.1 Å². The first-order valence-corrected chi connectivity index (χ1v) is 7.56. The van der Waals surface area contributed by atoms with Crippen molar-refractivity contribution in [1.82, 2.24) is 5.32 Å². The quantitative estimate of drug-likeness (QED) is 0.733. The Morgan fingerprint density at radius 3 is 2.65 bits per heavy atom. The predicted molar refractivity (Wildman–Crippen MR) is 89.5 cm³/mol. The molecule has 2 aromatic rings. The summed E-state index contributed by atoms with van der Waals surface area (Å²) in [6.07, 6.45) is 2.34. The third-order valence-electron chi connectivity index (χ3n) is 3.34. The Labute approximate surface area is 135 Å². The summed E-state index contributed by atoms with van der Waals surface area (Å²) in [4.78, 5) is 23.7. The van der Waals surface area contributed by atoms with Crippen LogP contribution in [0.3, 0.4) is 0 Å². The molecular formula is C17H21N3O3. The van der Waals surface area contributed by atoms with E-state index in [1.54, 1.807) is 30.3 Å². The Kier molecular flexibility index (Phi) is 5.80. The van der Waals surface area contributed by atoms with Gasteiger partial charge in [0, 0.05) is 17.4 Å². The summed E-state index contributed by atoms with van der Waals surface area (Å²) in [5.74, 6) is -0.137. The van der Waals surface area contributed by atoms with Crippen LogP contribution in [0.25, 0.3) is 0 Å². The summed E-state index contributed by atoms with van der Waals surface area (Å²) in [5.41, 5.74) is 1.38. The lowest BCUT2D eigenvalue weighted by molar-refractivity contribution is -0.120. The van der Waals surface area contributed by atoms with Gasteiger partial charge < -0.3 is 20.4 Å². The van der Waals surface area contributed by atoms with Crippen LogP contribution in [0, 0.1) is 0 Å². The average Bonchev–Trinajstić information content (AvgIpc) is 3.08. The molecule has 1 unspecified atom stereocenters. The Bertz CT molecular complexity index is 653. The SMILES string of the molecule is CCC(C)NC(=O)CNc1cccc(NC(=O)c2ccco2)c1. The monoisotopic (exact) mass is 315 g/mol. The zero-order chi connectivity index (χ0) is 16.7. The normalized spacial score (nSPS) is 11.6. The summed E-state index contributed by atoms with van der Waals surface area (Å²) in [5, 5.41) is 8.66. The molecule has 0 saturated heterocycles. The molecule has 0 radical (unpaired) electrons. The Morgan fingerprint density at radius 2 is 1.96 bits per heavy atom. The van der Waals surface area contributed by atoms with Crippen LogP contribution in [-0.2, 0) is 4.79 Å². The molecule has 0 aliphatic heterocycles. The molecule has 6 nitrogen and oxygen atoms in total. The van der Waals surface area contributed by atoms with E-state index in [0.717, 1.165) is 12.1 Å². The Balaban J connectivity index is 1.89. The first-order chi connectivity index (χ1) is 11.1. The minimum atomic E-state index is -0.318. The second-order valence-corrected chi connectivity index (χ2v) is 5.24. The van der Waals surface area contributed by atoms with E-state index in [0.29, 0.717) is 5.69 Å². The minimum absolute atomic E-state index is 0.0654. The molecule has 0 aliphatic carbocycles. The molecule has 1 heterocycles. The van der Waals surface area contributed by atoms with Gasteiger partial charge >= 0.3 is 0 Å². The van der Waals surface area contributed by atoms with Gasteiger partial charge in [-0.25, -0.2) is 0 Å². The van der Waals surface area contributed by atoms with E-state index in [-0.39, 0.29) is 30.2 Å². The van der Waals surface area contributed by atoms with Crippen LogP contribution in [0.2, 0.25) is 0 Å². The highest BCUT2D eigenvalue weighted by molar-refractivity contribution is 6.02. The van der Waals surface area contributed by atoms with E-state index in [1.165, 1.54) is 6.26 Å². The number of amides is 2. The maximum atomic E-state index is 11.9. The Hall–Kier alpha value is -2.76. The van der Waals surface area contributed by atoms with Crippen LogP contribution in [0.1, 0.15) is 30.8 Å². The molecule has 0 fully saturated rings. The van der Waals surface area contributed by atoms with Crippen LogP contribution >= 0.6 is 0 Å². The third-order valence-corrected chi connectivity index (χ3v) is 3.34. The fourth-order valence-electron chi connectivity index (χ4n) is 1.92. The average molecular weight is 315 g/mol. The number of anilines is 2. The van der Waals surface area contributed by atoms with Crippen molar-refractivity contribution in [3.05, 3.63) is 48.4 Å². The highest BCUT2D eigenvalue weighted by atomic mass is 16.3. The number of benzene rings is 1. The van der Waals surface area contributed by atoms with E-state index < -0.39 is 0 Å². The lowest BCUT2D eigenvalue weighted by atomic mass is 10.2. The molecule has 0 aliphatic rings. The molecule has 122 valence electrons. The van der Waals surface area contributed by atoms with Gasteiger partial charge in [-0.15, -0.1) is 0 Å². The van der Waals surface area contributed by atoms with E-state index in [1.807, 2.05) is 19.9 Å². The molecule has 6 heteroatoms. The molecule has 23 heavy (non-hydrogen) atoms. The van der Waals surface area contributed by atoms with Crippen molar-refractivity contribution >= 4 is 23.2 Å². The van der Waals surface area contributed by atoms with E-state index in [2.05, 4.69) is 16.0 Å². The number of hydrogen-bond acceptors (Lipinski definition) is 4. The lowest BCUT2D eigenvalue weighted by Crippen LogP contribution is -2.36. The lowest BCUT2D eigenvalue weighted by Gasteiger charge is -2.13. The van der Waals surface area contributed by atoms with E-state index in [4.69, 9.17) is 4.42 Å². The minimum Gasteiger partial charge on any atom is -0.459 e. The first kappa shape index (κ1) is 16.6. The largest absolute Gasteiger partial charge is 0.459 e. The van der Waals surface area contributed by atoms with Gasteiger partial charge in [-0.3, -0.25) is 9.59 Å². The molecule has 1 aromatic heterocycles. The van der Waals surface area contributed by atoms with Gasteiger partial charge in [-0.2, -0.15) is 0 Å². The molecular weight excluding hydrogens is 294 g/mol. The standard InChI is InChI=1S/C17H21N3O3/c1-3-12(2)19-16(21)11-18-13-6-4-7-14(10-13)20-17(22)15-8-5-9-23-15/h4-10,12,18H,3,11H2,1-2H3,(H,19,21)(H,20,22). The summed E-state index contributed by atoms with van der Waals surface area (Å²) < 4.78 is 5.04. The van der Waals surface area contributed by atoms with Gasteiger partial charge in [0.15, 0.2) is 5.76 Å². The van der Waals surface area contributed by atoms with Crippen molar-refractivity contribution in [2.24, 2.45) is 0 Å². The van der Waals surface area contributed by atoms with Gasteiger partial charge in [0.25, 0.3) is 5.91 Å². The number of hydrogen-bond donors (Lipinski definition) is 3. The second kappa shape index (κ2) is 8.03. The molecule has 1 atom stereocenters. The number of nitrogens with one attached hydrogen (secondary N) is 3. The highest BCUT2D eigenvalue weighted by Crippen LogP contribution is 2.16. The van der Waals surface area contributed by atoms with Crippen molar-refractivity contribution < 1.29 is 14.0 Å². The maximum Gasteiger partial charge on any atom is 0.291 e. The van der Waals surface area contributed by atoms with Gasteiger partial charge in [0.2, 0.25) is 5.91 Å². The third kappa shape index (κ3) is 5.18. The fraction of sp³-hybridized carbons (Fsp3) is 0.294. The zero-order valence-corrected chi connectivity index (χ0v) is 13.3. The van der Waals surface area contributed by atoms with Crippen molar-refractivity contribution in [3.63, 3.8) is 0 Å². The number of rotatable bonds is 7. The molecule has 1 aromatic carbocycles. The maximum absolute atomic E-state index is 11.9. The van der Waals surface area contributed by atoms with E-state index >= 15 is 0 Å². The first-order valence-electron chi connectivity index (χ1n) is 7.56. The van der Waals surface area contributed by atoms with Gasteiger partial charge in [-0.05, 0) is 43.7 Å². The molecule has 3 N–H and O–H groups in total. The van der Waals surface area contributed by atoms with Crippen LogP contribution in [0.4, 0.5) is 11.4 Å². The molecule has 2 rings (SSSR count). The summed E-state index contributed by atoms with van der Waals surface area (Å²) in [6, 6.07) is 10.6. The summed E-state index contributed by atoms with van der Waals surface area (Å²) >= 11 is 0. The molecule has 0 bridgehead atoms.